The summed E-state index contributed by atoms with van der Waals surface area (Å²) >= 11 is 0. The second kappa shape index (κ2) is 8.94. The van der Waals surface area contributed by atoms with Gasteiger partial charge in [-0.05, 0) is 43.5 Å². The molecule has 0 N–H and O–H groups in total. The van der Waals surface area contributed by atoms with Crippen LogP contribution in [0.15, 0.2) is 61.2 Å². The maximum Gasteiger partial charge on any atom is 0.537 e. The highest BCUT2D eigenvalue weighted by Gasteiger charge is 2.43. The molecule has 0 saturated carbocycles. The molecule has 2 aromatic rings. The second-order valence-electron chi connectivity index (χ2n) is 5.28. The van der Waals surface area contributed by atoms with E-state index in [1.165, 1.54) is 0 Å². The molecule has 0 atom stereocenters. The molecule has 0 heterocycles. The van der Waals surface area contributed by atoms with Crippen LogP contribution in [0.3, 0.4) is 0 Å². The lowest BCUT2D eigenvalue weighted by atomic mass is 10.00. The zero-order valence-corrected chi connectivity index (χ0v) is 15.7. The first kappa shape index (κ1) is 18.6. The van der Waals surface area contributed by atoms with E-state index < -0.39 is 8.80 Å². The fourth-order valence-electron chi connectivity index (χ4n) is 2.65. The predicted octanol–water partition coefficient (Wildman–Crippen LogP) is 4.00. The molecule has 0 aromatic heterocycles. The van der Waals surface area contributed by atoms with Crippen LogP contribution in [0.4, 0.5) is 0 Å². The van der Waals surface area contributed by atoms with E-state index in [0.29, 0.717) is 19.8 Å². The van der Waals surface area contributed by atoms with Crippen molar-refractivity contribution in [2.24, 2.45) is 0 Å². The molecular formula is C20H26O3Si. The molecule has 0 aliphatic rings. The largest absolute Gasteiger partial charge is 0.537 e. The van der Waals surface area contributed by atoms with E-state index in [1.54, 1.807) is 0 Å². The summed E-state index contributed by atoms with van der Waals surface area (Å²) in [6, 6.07) is 18.3. The van der Waals surface area contributed by atoms with Gasteiger partial charge in [-0.25, -0.2) is 0 Å². The zero-order chi connectivity index (χ0) is 17.4. The van der Waals surface area contributed by atoms with E-state index in [4.69, 9.17) is 13.3 Å². The van der Waals surface area contributed by atoms with E-state index in [1.807, 2.05) is 51.1 Å². The van der Waals surface area contributed by atoms with Gasteiger partial charge < -0.3 is 13.3 Å². The molecule has 24 heavy (non-hydrogen) atoms. The predicted molar refractivity (Wildman–Crippen MR) is 101 cm³/mol. The summed E-state index contributed by atoms with van der Waals surface area (Å²) < 4.78 is 18.0. The number of benzene rings is 2. The van der Waals surface area contributed by atoms with Crippen molar-refractivity contribution in [2.75, 3.05) is 19.8 Å². The number of rotatable bonds is 9. The van der Waals surface area contributed by atoms with Crippen LogP contribution in [0.1, 0.15) is 31.9 Å². The summed E-state index contributed by atoms with van der Waals surface area (Å²) in [5.41, 5.74) is 3.13. The molecule has 0 aliphatic heterocycles. The lowest BCUT2D eigenvalue weighted by molar-refractivity contribution is 0.0859. The Morgan fingerprint density at radius 3 is 1.88 bits per heavy atom. The molecule has 0 unspecified atom stereocenters. The summed E-state index contributed by atoms with van der Waals surface area (Å²) in [6.45, 7) is 11.8. The van der Waals surface area contributed by atoms with E-state index in [2.05, 4.69) is 30.8 Å². The van der Waals surface area contributed by atoms with Crippen molar-refractivity contribution in [1.82, 2.24) is 0 Å². The monoisotopic (exact) mass is 342 g/mol. The van der Waals surface area contributed by atoms with Gasteiger partial charge >= 0.3 is 8.80 Å². The van der Waals surface area contributed by atoms with Gasteiger partial charge in [-0.1, -0.05) is 55.1 Å². The van der Waals surface area contributed by atoms with Crippen molar-refractivity contribution >= 4 is 19.6 Å². The van der Waals surface area contributed by atoms with Crippen LogP contribution in [0.2, 0.25) is 0 Å². The van der Waals surface area contributed by atoms with Crippen LogP contribution in [0, 0.1) is 0 Å². The van der Waals surface area contributed by atoms with Gasteiger partial charge in [-0.3, -0.25) is 0 Å². The summed E-state index contributed by atoms with van der Waals surface area (Å²) in [6.07, 6.45) is 0. The van der Waals surface area contributed by atoms with Crippen molar-refractivity contribution in [3.63, 3.8) is 0 Å². The van der Waals surface area contributed by atoms with Crippen molar-refractivity contribution in [3.8, 4) is 0 Å². The Bertz CT molecular complexity index is 638. The molecule has 0 bridgehead atoms. The van der Waals surface area contributed by atoms with Gasteiger partial charge in [0.1, 0.15) is 0 Å². The third-order valence-electron chi connectivity index (χ3n) is 3.69. The van der Waals surface area contributed by atoms with Crippen LogP contribution in [0.25, 0.3) is 5.57 Å². The Kier molecular flexibility index (Phi) is 6.94. The molecule has 0 fully saturated rings. The highest BCUT2D eigenvalue weighted by Crippen LogP contribution is 2.22. The van der Waals surface area contributed by atoms with Gasteiger partial charge in [0.25, 0.3) is 0 Å². The fraction of sp³-hybridized carbons (Fsp3) is 0.300. The van der Waals surface area contributed by atoms with E-state index in [0.717, 1.165) is 21.9 Å². The minimum atomic E-state index is -2.89. The third kappa shape index (κ3) is 4.22. The van der Waals surface area contributed by atoms with Gasteiger partial charge in [0, 0.05) is 25.0 Å². The SMILES string of the molecule is C=C(c1ccccc1)c1cccc([Si](OCC)(OCC)OCC)c1. The Hall–Kier alpha value is -1.72. The first-order valence-corrected chi connectivity index (χ1v) is 10.2. The smallest absolute Gasteiger partial charge is 0.370 e. The van der Waals surface area contributed by atoms with Crippen LogP contribution in [-0.2, 0) is 13.3 Å². The van der Waals surface area contributed by atoms with Crippen LogP contribution in [-0.4, -0.2) is 28.6 Å². The topological polar surface area (TPSA) is 27.7 Å². The average molecular weight is 343 g/mol. The van der Waals surface area contributed by atoms with Gasteiger partial charge in [-0.15, -0.1) is 0 Å². The summed E-state index contributed by atoms with van der Waals surface area (Å²) in [7, 11) is -2.89. The van der Waals surface area contributed by atoms with Gasteiger partial charge in [0.2, 0.25) is 0 Å². The molecule has 0 amide bonds. The molecule has 3 nitrogen and oxygen atoms in total. The van der Waals surface area contributed by atoms with Crippen LogP contribution >= 0.6 is 0 Å². The Morgan fingerprint density at radius 1 is 0.792 bits per heavy atom. The summed E-state index contributed by atoms with van der Waals surface area (Å²) in [5.74, 6) is 0. The van der Waals surface area contributed by atoms with E-state index in [9.17, 15) is 0 Å². The van der Waals surface area contributed by atoms with Gasteiger partial charge in [0.05, 0.1) is 0 Å². The van der Waals surface area contributed by atoms with Crippen molar-refractivity contribution < 1.29 is 13.3 Å². The number of hydrogen-bond acceptors (Lipinski definition) is 3. The first-order chi connectivity index (χ1) is 11.7. The highest BCUT2D eigenvalue weighted by molar-refractivity contribution is 6.75. The van der Waals surface area contributed by atoms with E-state index in [-0.39, 0.29) is 0 Å². The van der Waals surface area contributed by atoms with Gasteiger partial charge in [0.15, 0.2) is 0 Å². The second-order valence-corrected chi connectivity index (χ2v) is 7.84. The van der Waals surface area contributed by atoms with E-state index >= 15 is 0 Å². The maximum absolute atomic E-state index is 6.00. The van der Waals surface area contributed by atoms with Crippen molar-refractivity contribution in [1.29, 1.82) is 0 Å². The molecule has 0 saturated heterocycles. The molecule has 4 heteroatoms. The normalized spacial score (nSPS) is 11.5. The molecule has 2 rings (SSSR count). The lowest BCUT2D eigenvalue weighted by Crippen LogP contribution is -2.57. The maximum atomic E-state index is 6.00. The molecule has 0 spiro atoms. The minimum Gasteiger partial charge on any atom is -0.370 e. The molecule has 0 radical (unpaired) electrons. The standard InChI is InChI=1S/C20H26O3Si/c1-5-21-24(22-6-2,23-7-3)20-15-11-14-19(16-20)17(4)18-12-9-8-10-13-18/h8-16H,4-7H2,1-3H3. The highest BCUT2D eigenvalue weighted by atomic mass is 28.4. The Labute approximate surface area is 146 Å². The summed E-state index contributed by atoms with van der Waals surface area (Å²) in [5, 5.41) is 0.975. The van der Waals surface area contributed by atoms with Crippen LogP contribution < -0.4 is 5.19 Å². The first-order valence-electron chi connectivity index (χ1n) is 8.44. The number of hydrogen-bond donors (Lipinski definition) is 0. The Morgan fingerprint density at radius 2 is 1.33 bits per heavy atom. The zero-order valence-electron chi connectivity index (χ0n) is 14.7. The van der Waals surface area contributed by atoms with Crippen molar-refractivity contribution in [2.45, 2.75) is 20.8 Å². The minimum absolute atomic E-state index is 0.552. The van der Waals surface area contributed by atoms with Crippen molar-refractivity contribution in [3.05, 3.63) is 72.3 Å². The molecule has 2 aromatic carbocycles. The lowest BCUT2D eigenvalue weighted by Gasteiger charge is -2.29. The van der Waals surface area contributed by atoms with Crippen LogP contribution in [0.5, 0.6) is 0 Å². The molecule has 128 valence electrons. The Balaban J connectivity index is 2.41. The molecule has 0 aliphatic carbocycles. The van der Waals surface area contributed by atoms with Gasteiger partial charge in [-0.2, -0.15) is 0 Å². The fourth-order valence-corrected chi connectivity index (χ4v) is 5.17. The molecular weight excluding hydrogens is 316 g/mol. The third-order valence-corrected chi connectivity index (χ3v) is 6.71. The average Bonchev–Trinajstić information content (AvgIpc) is 2.62. The summed E-state index contributed by atoms with van der Waals surface area (Å²) in [4.78, 5) is 0. The quantitative estimate of drug-likeness (QED) is 0.645.